The number of thioether (sulfide) groups is 1. The zero-order valence-electron chi connectivity index (χ0n) is 13.3. The number of carbonyl (C=O) groups is 1. The number of nitrogens with zero attached hydrogens (tertiary/aromatic N) is 4. The van der Waals surface area contributed by atoms with Gasteiger partial charge in [0.05, 0.1) is 5.39 Å². The van der Waals surface area contributed by atoms with Crippen molar-refractivity contribution in [1.29, 1.82) is 0 Å². The van der Waals surface area contributed by atoms with E-state index in [0.717, 1.165) is 21.1 Å². The van der Waals surface area contributed by atoms with Gasteiger partial charge >= 0.3 is 0 Å². The number of aryl methyl sites for hydroxylation is 2. The van der Waals surface area contributed by atoms with Gasteiger partial charge in [-0.05, 0) is 25.7 Å². The SMILES string of the molecule is CCc1cc2c(=O)n(CC(=O)Nc3nnc(C)s3)c(SC)nc2s1. The summed E-state index contributed by atoms with van der Waals surface area (Å²) >= 11 is 4.15. The van der Waals surface area contributed by atoms with E-state index in [1.807, 2.05) is 26.2 Å². The lowest BCUT2D eigenvalue weighted by Gasteiger charge is -2.09. The maximum atomic E-state index is 12.7. The molecule has 10 heteroatoms. The van der Waals surface area contributed by atoms with Crippen LogP contribution in [-0.2, 0) is 17.8 Å². The smallest absolute Gasteiger partial charge is 0.263 e. The highest BCUT2D eigenvalue weighted by molar-refractivity contribution is 7.98. The van der Waals surface area contributed by atoms with Crippen molar-refractivity contribution in [2.24, 2.45) is 0 Å². The lowest BCUT2D eigenvalue weighted by Crippen LogP contribution is -2.29. The van der Waals surface area contributed by atoms with Gasteiger partial charge in [0.25, 0.3) is 5.56 Å². The van der Waals surface area contributed by atoms with Crippen molar-refractivity contribution >= 4 is 55.7 Å². The van der Waals surface area contributed by atoms with E-state index < -0.39 is 0 Å². The molecule has 0 bridgehead atoms. The second-order valence-electron chi connectivity index (χ2n) is 4.95. The molecule has 0 saturated carbocycles. The van der Waals surface area contributed by atoms with Crippen LogP contribution in [0.5, 0.6) is 0 Å². The van der Waals surface area contributed by atoms with Gasteiger partial charge in [0, 0.05) is 4.88 Å². The number of fused-ring (bicyclic) bond motifs is 1. The quantitative estimate of drug-likeness (QED) is 0.540. The molecule has 0 aliphatic heterocycles. The minimum atomic E-state index is -0.323. The monoisotopic (exact) mass is 381 g/mol. The number of thiophene rings is 1. The average Bonchev–Trinajstić information content (AvgIpc) is 3.15. The highest BCUT2D eigenvalue weighted by Gasteiger charge is 2.16. The molecule has 0 atom stereocenters. The first kappa shape index (κ1) is 17.1. The third kappa shape index (κ3) is 3.35. The second-order valence-corrected chi connectivity index (χ2v) is 8.02. The number of nitrogens with one attached hydrogen (secondary N) is 1. The van der Waals surface area contributed by atoms with Crippen LogP contribution >= 0.6 is 34.4 Å². The van der Waals surface area contributed by atoms with Crippen LogP contribution in [0.15, 0.2) is 16.0 Å². The van der Waals surface area contributed by atoms with E-state index in [9.17, 15) is 9.59 Å². The largest absolute Gasteiger partial charge is 0.299 e. The summed E-state index contributed by atoms with van der Waals surface area (Å²) in [5.41, 5.74) is -0.191. The fraction of sp³-hybridized carbons (Fsp3) is 0.357. The van der Waals surface area contributed by atoms with E-state index in [4.69, 9.17) is 0 Å². The van der Waals surface area contributed by atoms with Crippen LogP contribution in [0.1, 0.15) is 16.8 Å². The van der Waals surface area contributed by atoms with Gasteiger partial charge in [-0.1, -0.05) is 30.0 Å². The number of rotatable bonds is 5. The first-order valence-electron chi connectivity index (χ1n) is 7.19. The molecule has 126 valence electrons. The Morgan fingerprint density at radius 1 is 1.38 bits per heavy atom. The van der Waals surface area contributed by atoms with Crippen molar-refractivity contribution in [2.45, 2.75) is 32.0 Å². The highest BCUT2D eigenvalue weighted by Crippen LogP contribution is 2.24. The summed E-state index contributed by atoms with van der Waals surface area (Å²) in [6.45, 7) is 3.74. The van der Waals surface area contributed by atoms with Gasteiger partial charge in [-0.2, -0.15) is 0 Å². The Morgan fingerprint density at radius 2 is 2.17 bits per heavy atom. The molecule has 7 nitrogen and oxygen atoms in total. The Morgan fingerprint density at radius 3 is 2.79 bits per heavy atom. The van der Waals surface area contributed by atoms with Crippen LogP contribution in [0.4, 0.5) is 5.13 Å². The molecule has 0 spiro atoms. The van der Waals surface area contributed by atoms with E-state index in [1.54, 1.807) is 0 Å². The van der Waals surface area contributed by atoms with Crippen LogP contribution in [0.2, 0.25) is 0 Å². The molecule has 0 aliphatic rings. The molecule has 1 amide bonds. The van der Waals surface area contributed by atoms with Crippen LogP contribution in [-0.4, -0.2) is 31.9 Å². The minimum absolute atomic E-state index is 0.103. The molecule has 3 aromatic rings. The van der Waals surface area contributed by atoms with Crippen LogP contribution < -0.4 is 10.9 Å². The molecule has 1 N–H and O–H groups in total. The van der Waals surface area contributed by atoms with E-state index in [0.29, 0.717) is 15.7 Å². The summed E-state index contributed by atoms with van der Waals surface area (Å²) in [5, 5.41) is 12.7. The third-order valence-corrected chi connectivity index (χ3v) is 5.88. The Labute approximate surface area is 150 Å². The normalized spacial score (nSPS) is 11.1. The Bertz CT molecular complexity index is 959. The van der Waals surface area contributed by atoms with Gasteiger partial charge in [-0.15, -0.1) is 21.5 Å². The molecule has 0 aliphatic carbocycles. The van der Waals surface area contributed by atoms with Crippen molar-refractivity contribution in [3.05, 3.63) is 26.3 Å². The number of hydrogen-bond acceptors (Lipinski definition) is 8. The molecule has 0 unspecified atom stereocenters. The summed E-state index contributed by atoms with van der Waals surface area (Å²) in [5.74, 6) is -0.323. The Hall–Kier alpha value is -1.78. The lowest BCUT2D eigenvalue weighted by atomic mass is 10.3. The molecule has 3 aromatic heterocycles. The van der Waals surface area contributed by atoms with Crippen LogP contribution in [0.25, 0.3) is 10.2 Å². The topological polar surface area (TPSA) is 89.8 Å². The summed E-state index contributed by atoms with van der Waals surface area (Å²) in [4.78, 5) is 31.3. The molecular formula is C14H15N5O2S3. The Kier molecular flexibility index (Phi) is 4.97. The maximum absolute atomic E-state index is 12.7. The van der Waals surface area contributed by atoms with Crippen LogP contribution in [0.3, 0.4) is 0 Å². The maximum Gasteiger partial charge on any atom is 0.263 e. The summed E-state index contributed by atoms with van der Waals surface area (Å²) in [6, 6.07) is 1.86. The van der Waals surface area contributed by atoms with Gasteiger partial charge in [-0.25, -0.2) is 4.98 Å². The lowest BCUT2D eigenvalue weighted by molar-refractivity contribution is -0.116. The number of anilines is 1. The molecular weight excluding hydrogens is 366 g/mol. The predicted molar refractivity (Wildman–Crippen MR) is 98.3 cm³/mol. The first-order chi connectivity index (χ1) is 11.5. The zero-order chi connectivity index (χ0) is 17.3. The second kappa shape index (κ2) is 6.99. The van der Waals surface area contributed by atoms with E-state index in [2.05, 4.69) is 20.5 Å². The van der Waals surface area contributed by atoms with Gasteiger partial charge in [0.1, 0.15) is 16.4 Å². The van der Waals surface area contributed by atoms with Crippen LogP contribution in [0, 0.1) is 6.92 Å². The number of hydrogen-bond donors (Lipinski definition) is 1. The van der Waals surface area contributed by atoms with Gasteiger partial charge in [0.15, 0.2) is 5.16 Å². The number of amides is 1. The molecule has 0 radical (unpaired) electrons. The molecule has 24 heavy (non-hydrogen) atoms. The van der Waals surface area contributed by atoms with Crippen molar-refractivity contribution in [3.63, 3.8) is 0 Å². The molecule has 0 fully saturated rings. The highest BCUT2D eigenvalue weighted by atomic mass is 32.2. The Balaban J connectivity index is 1.94. The summed E-state index contributed by atoms with van der Waals surface area (Å²) < 4.78 is 1.41. The fourth-order valence-corrected chi connectivity index (χ4v) is 4.34. The van der Waals surface area contributed by atoms with E-state index in [-0.39, 0.29) is 18.0 Å². The van der Waals surface area contributed by atoms with E-state index in [1.165, 1.54) is 39.0 Å². The fourth-order valence-electron chi connectivity index (χ4n) is 2.17. The minimum Gasteiger partial charge on any atom is -0.299 e. The van der Waals surface area contributed by atoms with Crippen molar-refractivity contribution in [1.82, 2.24) is 19.7 Å². The van der Waals surface area contributed by atoms with Gasteiger partial charge in [0.2, 0.25) is 11.0 Å². The standard InChI is InChI=1S/C14H15N5O2S3/c1-4-8-5-9-11(24-8)16-14(22-3)19(12(9)21)6-10(20)15-13-18-17-7(2)23-13/h5H,4,6H2,1-3H3,(H,15,18,20). The molecule has 0 aromatic carbocycles. The average molecular weight is 382 g/mol. The summed E-state index contributed by atoms with van der Waals surface area (Å²) in [7, 11) is 0. The van der Waals surface area contributed by atoms with Gasteiger partial charge in [-0.3, -0.25) is 19.5 Å². The third-order valence-electron chi connectivity index (χ3n) is 3.27. The van der Waals surface area contributed by atoms with Crippen molar-refractivity contribution in [3.8, 4) is 0 Å². The van der Waals surface area contributed by atoms with Crippen molar-refractivity contribution in [2.75, 3.05) is 11.6 Å². The summed E-state index contributed by atoms with van der Waals surface area (Å²) in [6.07, 6.45) is 2.69. The number of carbonyl (C=O) groups excluding carboxylic acids is 1. The number of aromatic nitrogens is 4. The molecule has 0 saturated heterocycles. The zero-order valence-corrected chi connectivity index (χ0v) is 15.8. The van der Waals surface area contributed by atoms with Gasteiger partial charge < -0.3 is 0 Å². The first-order valence-corrected chi connectivity index (χ1v) is 10.0. The van der Waals surface area contributed by atoms with E-state index >= 15 is 0 Å². The molecule has 3 heterocycles. The predicted octanol–water partition coefficient (Wildman–Crippen LogP) is 2.54. The molecule has 3 rings (SSSR count). The van der Waals surface area contributed by atoms with Crippen molar-refractivity contribution < 1.29 is 4.79 Å².